The van der Waals surface area contributed by atoms with Gasteiger partial charge in [-0.25, -0.2) is 0 Å². The van der Waals surface area contributed by atoms with Crippen LogP contribution in [-0.4, -0.2) is 42.9 Å². The van der Waals surface area contributed by atoms with Crippen LogP contribution in [0.2, 0.25) is 0 Å². The Bertz CT molecular complexity index is 292. The molecular formula is C12H21N3O2. The standard InChI is InChI=1S/C12H21N3O2/c13-12(17)10-2-5-15(6-3-10)11(16)7-9-1-4-14-8-9/h9-10,14H,1-8H2,(H2,13,17). The number of nitrogens with zero attached hydrogens (tertiary/aromatic N) is 1. The zero-order chi connectivity index (χ0) is 12.3. The van der Waals surface area contributed by atoms with Crippen LogP contribution in [0.15, 0.2) is 0 Å². The van der Waals surface area contributed by atoms with Gasteiger partial charge >= 0.3 is 0 Å². The van der Waals surface area contributed by atoms with Crippen LogP contribution in [0.3, 0.4) is 0 Å². The summed E-state index contributed by atoms with van der Waals surface area (Å²) >= 11 is 0. The van der Waals surface area contributed by atoms with Crippen LogP contribution in [0.4, 0.5) is 0 Å². The highest BCUT2D eigenvalue weighted by atomic mass is 16.2. The highest BCUT2D eigenvalue weighted by molar-refractivity contribution is 5.79. The fraction of sp³-hybridized carbons (Fsp3) is 0.833. The molecule has 0 aliphatic carbocycles. The number of likely N-dealkylation sites (tertiary alicyclic amines) is 1. The van der Waals surface area contributed by atoms with E-state index in [1.165, 1.54) is 0 Å². The third kappa shape index (κ3) is 3.19. The summed E-state index contributed by atoms with van der Waals surface area (Å²) in [6.07, 6.45) is 3.20. The van der Waals surface area contributed by atoms with Gasteiger partial charge in [0, 0.05) is 25.4 Å². The minimum absolute atomic E-state index is 0.0350. The second kappa shape index (κ2) is 5.49. The Morgan fingerprint density at radius 3 is 2.47 bits per heavy atom. The van der Waals surface area contributed by atoms with Gasteiger partial charge in [0.25, 0.3) is 0 Å². The normalized spacial score (nSPS) is 26.1. The molecule has 5 nitrogen and oxygen atoms in total. The number of nitrogens with one attached hydrogen (secondary N) is 1. The maximum Gasteiger partial charge on any atom is 0.222 e. The van der Waals surface area contributed by atoms with E-state index in [9.17, 15) is 9.59 Å². The molecule has 0 aromatic rings. The van der Waals surface area contributed by atoms with Gasteiger partial charge in [0.15, 0.2) is 0 Å². The molecule has 2 fully saturated rings. The quantitative estimate of drug-likeness (QED) is 0.710. The first-order valence-electron chi connectivity index (χ1n) is 6.44. The summed E-state index contributed by atoms with van der Waals surface area (Å²) in [5.74, 6) is 0.474. The molecule has 0 bridgehead atoms. The number of primary amides is 1. The number of amides is 2. The zero-order valence-corrected chi connectivity index (χ0v) is 10.2. The third-order valence-electron chi connectivity index (χ3n) is 3.88. The Labute approximate surface area is 102 Å². The molecule has 0 aromatic heterocycles. The molecule has 3 N–H and O–H groups in total. The first-order chi connectivity index (χ1) is 8.16. The molecule has 2 amide bonds. The molecule has 17 heavy (non-hydrogen) atoms. The van der Waals surface area contributed by atoms with E-state index >= 15 is 0 Å². The van der Waals surface area contributed by atoms with Crippen molar-refractivity contribution in [2.75, 3.05) is 26.2 Å². The number of carbonyl (C=O) groups is 2. The number of nitrogens with two attached hydrogens (primary N) is 1. The van der Waals surface area contributed by atoms with Crippen LogP contribution >= 0.6 is 0 Å². The van der Waals surface area contributed by atoms with Gasteiger partial charge in [-0.1, -0.05) is 0 Å². The Morgan fingerprint density at radius 1 is 1.24 bits per heavy atom. The van der Waals surface area contributed by atoms with Gasteiger partial charge in [-0.15, -0.1) is 0 Å². The number of hydrogen-bond acceptors (Lipinski definition) is 3. The smallest absolute Gasteiger partial charge is 0.222 e. The molecule has 0 spiro atoms. The molecule has 2 heterocycles. The highest BCUT2D eigenvalue weighted by Gasteiger charge is 2.27. The van der Waals surface area contributed by atoms with Gasteiger partial charge in [-0.2, -0.15) is 0 Å². The lowest BCUT2D eigenvalue weighted by atomic mass is 9.95. The second-order valence-electron chi connectivity index (χ2n) is 5.12. The molecule has 2 rings (SSSR count). The summed E-state index contributed by atoms with van der Waals surface area (Å²) in [6.45, 7) is 3.37. The van der Waals surface area contributed by atoms with Crippen molar-refractivity contribution in [3.05, 3.63) is 0 Å². The summed E-state index contributed by atoms with van der Waals surface area (Å²) in [5, 5.41) is 3.27. The molecule has 5 heteroatoms. The van der Waals surface area contributed by atoms with E-state index in [1.807, 2.05) is 4.90 Å². The molecule has 0 saturated carbocycles. The number of carbonyl (C=O) groups excluding carboxylic acids is 2. The first kappa shape index (κ1) is 12.4. The SMILES string of the molecule is NC(=O)C1CCN(C(=O)CC2CCNC2)CC1. The summed E-state index contributed by atoms with van der Waals surface area (Å²) in [4.78, 5) is 24.9. The molecular weight excluding hydrogens is 218 g/mol. The summed E-state index contributed by atoms with van der Waals surface area (Å²) in [5.41, 5.74) is 5.27. The average molecular weight is 239 g/mol. The molecule has 2 saturated heterocycles. The van der Waals surface area contributed by atoms with Gasteiger partial charge in [0.2, 0.25) is 11.8 Å². The van der Waals surface area contributed by atoms with Crippen LogP contribution in [0.5, 0.6) is 0 Å². The van der Waals surface area contributed by atoms with Crippen molar-refractivity contribution in [3.63, 3.8) is 0 Å². The zero-order valence-electron chi connectivity index (χ0n) is 10.2. The fourth-order valence-electron chi connectivity index (χ4n) is 2.68. The maximum absolute atomic E-state index is 12.0. The number of rotatable bonds is 3. The fourth-order valence-corrected chi connectivity index (χ4v) is 2.68. The van der Waals surface area contributed by atoms with E-state index in [1.54, 1.807) is 0 Å². The lowest BCUT2D eigenvalue weighted by molar-refractivity contribution is -0.135. The maximum atomic E-state index is 12.0. The van der Waals surface area contributed by atoms with Crippen LogP contribution in [0.25, 0.3) is 0 Å². The summed E-state index contributed by atoms with van der Waals surface area (Å²) in [6, 6.07) is 0. The second-order valence-corrected chi connectivity index (χ2v) is 5.12. The van der Waals surface area contributed by atoms with Gasteiger partial charge in [-0.05, 0) is 38.3 Å². The predicted molar refractivity (Wildman–Crippen MR) is 64.1 cm³/mol. The molecule has 2 aliphatic rings. The summed E-state index contributed by atoms with van der Waals surface area (Å²) in [7, 11) is 0. The monoisotopic (exact) mass is 239 g/mol. The van der Waals surface area contributed by atoms with Gasteiger partial charge in [0.05, 0.1) is 0 Å². The van der Waals surface area contributed by atoms with E-state index in [-0.39, 0.29) is 17.7 Å². The van der Waals surface area contributed by atoms with Crippen molar-refractivity contribution in [1.82, 2.24) is 10.2 Å². The molecule has 2 aliphatic heterocycles. The van der Waals surface area contributed by atoms with Crippen molar-refractivity contribution < 1.29 is 9.59 Å². The third-order valence-corrected chi connectivity index (χ3v) is 3.88. The van der Waals surface area contributed by atoms with Gasteiger partial charge < -0.3 is 16.0 Å². The van der Waals surface area contributed by atoms with Gasteiger partial charge in [0.1, 0.15) is 0 Å². The lowest BCUT2D eigenvalue weighted by Gasteiger charge is -2.31. The Hall–Kier alpha value is -1.10. The largest absolute Gasteiger partial charge is 0.369 e. The van der Waals surface area contributed by atoms with Crippen LogP contribution in [-0.2, 0) is 9.59 Å². The molecule has 0 radical (unpaired) electrons. The van der Waals surface area contributed by atoms with E-state index < -0.39 is 0 Å². The van der Waals surface area contributed by atoms with Crippen molar-refractivity contribution in [2.24, 2.45) is 17.6 Å². The number of piperidine rings is 1. The minimum Gasteiger partial charge on any atom is -0.369 e. The van der Waals surface area contributed by atoms with E-state index in [0.29, 0.717) is 25.4 Å². The topological polar surface area (TPSA) is 75.4 Å². The molecule has 96 valence electrons. The Kier molecular flexibility index (Phi) is 3.99. The van der Waals surface area contributed by atoms with Crippen molar-refractivity contribution in [1.29, 1.82) is 0 Å². The molecule has 1 atom stereocenters. The number of hydrogen-bond donors (Lipinski definition) is 2. The first-order valence-corrected chi connectivity index (χ1v) is 6.44. The predicted octanol–water partition coefficient (Wildman–Crippen LogP) is -0.290. The Morgan fingerprint density at radius 2 is 1.94 bits per heavy atom. The van der Waals surface area contributed by atoms with Gasteiger partial charge in [-0.3, -0.25) is 9.59 Å². The van der Waals surface area contributed by atoms with Crippen molar-refractivity contribution in [3.8, 4) is 0 Å². The van der Waals surface area contributed by atoms with Crippen LogP contribution in [0, 0.1) is 11.8 Å². The van der Waals surface area contributed by atoms with Crippen molar-refractivity contribution in [2.45, 2.75) is 25.7 Å². The molecule has 1 unspecified atom stereocenters. The Balaban J connectivity index is 1.75. The lowest BCUT2D eigenvalue weighted by Crippen LogP contribution is -2.42. The highest BCUT2D eigenvalue weighted by Crippen LogP contribution is 2.20. The van der Waals surface area contributed by atoms with E-state index in [2.05, 4.69) is 5.32 Å². The average Bonchev–Trinajstić information content (AvgIpc) is 2.82. The van der Waals surface area contributed by atoms with Crippen LogP contribution in [0.1, 0.15) is 25.7 Å². The summed E-state index contributed by atoms with van der Waals surface area (Å²) < 4.78 is 0. The van der Waals surface area contributed by atoms with Crippen molar-refractivity contribution >= 4 is 11.8 Å². The minimum atomic E-state index is -0.225. The van der Waals surface area contributed by atoms with Crippen LogP contribution < -0.4 is 11.1 Å². The van der Waals surface area contributed by atoms with E-state index in [0.717, 1.165) is 32.4 Å². The van der Waals surface area contributed by atoms with E-state index in [4.69, 9.17) is 5.73 Å². The molecule has 0 aromatic carbocycles.